The second-order valence-electron chi connectivity index (χ2n) is 5.30. The third kappa shape index (κ3) is 3.46. The Morgan fingerprint density at radius 2 is 2.00 bits per heavy atom. The molecule has 2 atom stereocenters. The Labute approximate surface area is 114 Å². The first-order valence-corrected chi connectivity index (χ1v) is 6.57. The Bertz CT molecular complexity index is 486. The van der Waals surface area contributed by atoms with Gasteiger partial charge in [0, 0.05) is 12.5 Å². The maximum Gasteiger partial charge on any atom is 0.115 e. The van der Waals surface area contributed by atoms with Gasteiger partial charge in [-0.2, -0.15) is 0 Å². The van der Waals surface area contributed by atoms with Gasteiger partial charge in [0.25, 0.3) is 0 Å². The predicted molar refractivity (Wildman–Crippen MR) is 77.2 cm³/mol. The molecule has 0 aliphatic heterocycles. The standard InChI is InChI=1S/C16H21NO2/c1-16(19)9-7-13(8-10-16)15(11-17-2)12-3-5-14(18)6-4-12/h3-9,15,17-19H,10-11H2,1-2H3. The maximum absolute atomic E-state index is 9.93. The van der Waals surface area contributed by atoms with Crippen molar-refractivity contribution in [2.24, 2.45) is 0 Å². The van der Waals surface area contributed by atoms with Crippen LogP contribution >= 0.6 is 0 Å². The summed E-state index contributed by atoms with van der Waals surface area (Å²) in [7, 11) is 1.93. The van der Waals surface area contributed by atoms with Crippen molar-refractivity contribution in [3.63, 3.8) is 0 Å². The second-order valence-corrected chi connectivity index (χ2v) is 5.30. The highest BCUT2D eigenvalue weighted by Crippen LogP contribution is 2.31. The molecule has 1 aromatic carbocycles. The molecule has 3 N–H and O–H groups in total. The summed E-state index contributed by atoms with van der Waals surface area (Å²) < 4.78 is 0. The third-order valence-electron chi connectivity index (χ3n) is 3.49. The van der Waals surface area contributed by atoms with Crippen molar-refractivity contribution in [2.45, 2.75) is 24.9 Å². The maximum atomic E-state index is 9.93. The van der Waals surface area contributed by atoms with Crippen LogP contribution in [0.15, 0.2) is 48.1 Å². The summed E-state index contributed by atoms with van der Waals surface area (Å²) >= 11 is 0. The first-order valence-electron chi connectivity index (χ1n) is 6.57. The first kappa shape index (κ1) is 13.8. The number of hydrogen-bond acceptors (Lipinski definition) is 3. The fourth-order valence-corrected chi connectivity index (χ4v) is 2.33. The van der Waals surface area contributed by atoms with Crippen molar-refractivity contribution >= 4 is 0 Å². The van der Waals surface area contributed by atoms with Crippen LogP contribution in [0.3, 0.4) is 0 Å². The molecule has 0 amide bonds. The van der Waals surface area contributed by atoms with E-state index in [9.17, 15) is 10.2 Å². The lowest BCUT2D eigenvalue weighted by Crippen LogP contribution is -2.24. The quantitative estimate of drug-likeness (QED) is 0.778. The van der Waals surface area contributed by atoms with Gasteiger partial charge in [0.05, 0.1) is 5.60 Å². The Balaban J connectivity index is 2.24. The molecule has 3 heteroatoms. The van der Waals surface area contributed by atoms with E-state index in [0.717, 1.165) is 12.1 Å². The monoisotopic (exact) mass is 259 g/mol. The normalized spacial score (nSPS) is 24.1. The van der Waals surface area contributed by atoms with E-state index in [4.69, 9.17) is 0 Å². The van der Waals surface area contributed by atoms with Crippen molar-refractivity contribution in [3.8, 4) is 5.75 Å². The van der Waals surface area contributed by atoms with Crippen LogP contribution in [0.25, 0.3) is 0 Å². The zero-order valence-electron chi connectivity index (χ0n) is 11.4. The molecular formula is C16H21NO2. The number of aromatic hydroxyl groups is 1. The molecule has 102 valence electrons. The van der Waals surface area contributed by atoms with Crippen molar-refractivity contribution in [2.75, 3.05) is 13.6 Å². The summed E-state index contributed by atoms with van der Waals surface area (Å²) in [6.45, 7) is 2.63. The van der Waals surface area contributed by atoms with Crippen LogP contribution < -0.4 is 5.32 Å². The minimum absolute atomic E-state index is 0.234. The third-order valence-corrected chi connectivity index (χ3v) is 3.49. The zero-order valence-corrected chi connectivity index (χ0v) is 11.4. The highest BCUT2D eigenvalue weighted by atomic mass is 16.3. The minimum Gasteiger partial charge on any atom is -0.508 e. The first-order chi connectivity index (χ1) is 9.02. The highest BCUT2D eigenvalue weighted by molar-refractivity contribution is 5.40. The van der Waals surface area contributed by atoms with Crippen LogP contribution in [0.5, 0.6) is 5.75 Å². The van der Waals surface area contributed by atoms with Crippen molar-refractivity contribution in [1.82, 2.24) is 5.32 Å². The van der Waals surface area contributed by atoms with Crippen LogP contribution in [0.4, 0.5) is 0 Å². The molecule has 0 bridgehead atoms. The Morgan fingerprint density at radius 3 is 2.53 bits per heavy atom. The summed E-state index contributed by atoms with van der Waals surface area (Å²) in [6, 6.07) is 7.31. The van der Waals surface area contributed by atoms with Crippen LogP contribution in [0, 0.1) is 0 Å². The van der Waals surface area contributed by atoms with Crippen LogP contribution in [-0.2, 0) is 0 Å². The molecule has 0 aromatic heterocycles. The van der Waals surface area contributed by atoms with Crippen LogP contribution in [-0.4, -0.2) is 29.4 Å². The largest absolute Gasteiger partial charge is 0.508 e. The molecule has 2 rings (SSSR count). The molecule has 1 aliphatic carbocycles. The summed E-state index contributed by atoms with van der Waals surface area (Å²) in [5, 5.41) is 22.5. The van der Waals surface area contributed by atoms with Crippen molar-refractivity contribution in [1.29, 1.82) is 0 Å². The smallest absolute Gasteiger partial charge is 0.115 e. The number of aliphatic hydroxyl groups is 1. The molecule has 1 aromatic rings. The van der Waals surface area contributed by atoms with Gasteiger partial charge in [-0.3, -0.25) is 0 Å². The molecule has 3 nitrogen and oxygen atoms in total. The van der Waals surface area contributed by atoms with E-state index in [-0.39, 0.29) is 11.7 Å². The molecule has 19 heavy (non-hydrogen) atoms. The number of benzene rings is 1. The lowest BCUT2D eigenvalue weighted by Gasteiger charge is -2.26. The highest BCUT2D eigenvalue weighted by Gasteiger charge is 2.22. The van der Waals surface area contributed by atoms with Gasteiger partial charge in [-0.1, -0.05) is 30.4 Å². The predicted octanol–water partition coefficient (Wildman–Crippen LogP) is 2.33. The number of phenolic OH excluding ortho intramolecular Hbond substituents is 1. The van der Waals surface area contributed by atoms with E-state index in [1.807, 2.05) is 38.3 Å². The fourth-order valence-electron chi connectivity index (χ4n) is 2.33. The SMILES string of the molecule is CNCC(C1=CCC(C)(O)C=C1)c1ccc(O)cc1. The molecule has 0 radical (unpaired) electrons. The Hall–Kier alpha value is -1.58. The Kier molecular flexibility index (Phi) is 4.08. The van der Waals surface area contributed by atoms with Crippen molar-refractivity contribution < 1.29 is 10.2 Å². The van der Waals surface area contributed by atoms with Gasteiger partial charge < -0.3 is 15.5 Å². The van der Waals surface area contributed by atoms with Crippen LogP contribution in [0.2, 0.25) is 0 Å². The van der Waals surface area contributed by atoms with E-state index in [2.05, 4.69) is 11.4 Å². The lowest BCUT2D eigenvalue weighted by molar-refractivity contribution is 0.113. The van der Waals surface area contributed by atoms with Gasteiger partial charge in [-0.05, 0) is 43.7 Å². The van der Waals surface area contributed by atoms with Crippen LogP contribution in [0.1, 0.15) is 24.8 Å². The summed E-state index contributed by atoms with van der Waals surface area (Å²) in [5.41, 5.74) is 1.62. The van der Waals surface area contributed by atoms with E-state index in [1.54, 1.807) is 12.1 Å². The summed E-state index contributed by atoms with van der Waals surface area (Å²) in [6.07, 6.45) is 6.58. The lowest BCUT2D eigenvalue weighted by atomic mass is 9.84. The summed E-state index contributed by atoms with van der Waals surface area (Å²) in [5.74, 6) is 0.515. The van der Waals surface area contributed by atoms with Crippen molar-refractivity contribution in [3.05, 3.63) is 53.6 Å². The van der Waals surface area contributed by atoms with E-state index in [1.165, 1.54) is 5.57 Å². The topological polar surface area (TPSA) is 52.5 Å². The average molecular weight is 259 g/mol. The molecule has 0 saturated carbocycles. The van der Waals surface area contributed by atoms with E-state index in [0.29, 0.717) is 6.42 Å². The number of likely N-dealkylation sites (N-methyl/N-ethyl adjacent to an activating group) is 1. The molecule has 0 spiro atoms. The van der Waals surface area contributed by atoms with Gasteiger partial charge in [0.15, 0.2) is 0 Å². The fraction of sp³-hybridized carbons (Fsp3) is 0.375. The van der Waals surface area contributed by atoms with Gasteiger partial charge in [0.2, 0.25) is 0 Å². The molecule has 0 fully saturated rings. The van der Waals surface area contributed by atoms with Gasteiger partial charge in [0.1, 0.15) is 5.75 Å². The number of nitrogens with one attached hydrogen (secondary N) is 1. The number of hydrogen-bond donors (Lipinski definition) is 3. The molecule has 1 aliphatic rings. The molecular weight excluding hydrogens is 238 g/mol. The summed E-state index contributed by atoms with van der Waals surface area (Å²) in [4.78, 5) is 0. The second kappa shape index (κ2) is 5.59. The average Bonchev–Trinajstić information content (AvgIpc) is 2.38. The van der Waals surface area contributed by atoms with Gasteiger partial charge in [-0.15, -0.1) is 0 Å². The molecule has 2 unspecified atom stereocenters. The molecule has 0 heterocycles. The van der Waals surface area contributed by atoms with Gasteiger partial charge >= 0.3 is 0 Å². The number of allylic oxidation sites excluding steroid dienone is 1. The number of rotatable bonds is 4. The Morgan fingerprint density at radius 1 is 1.32 bits per heavy atom. The van der Waals surface area contributed by atoms with E-state index < -0.39 is 5.60 Å². The number of phenols is 1. The zero-order chi connectivity index (χ0) is 13.9. The van der Waals surface area contributed by atoms with E-state index >= 15 is 0 Å². The van der Waals surface area contributed by atoms with Gasteiger partial charge in [-0.25, -0.2) is 0 Å². The molecule has 0 saturated heterocycles. The minimum atomic E-state index is -0.733.